The Kier molecular flexibility index (Phi) is 3.31. The van der Waals surface area contributed by atoms with E-state index in [1.807, 2.05) is 0 Å². The summed E-state index contributed by atoms with van der Waals surface area (Å²) in [5.74, 6) is 1.45. The van der Waals surface area contributed by atoms with E-state index in [9.17, 15) is 5.11 Å². The smallest absolute Gasteiger partial charge is 0.0636 e. The predicted molar refractivity (Wildman–Crippen MR) is 71.9 cm³/mol. The van der Waals surface area contributed by atoms with E-state index in [0.717, 1.165) is 6.42 Å². The highest BCUT2D eigenvalue weighted by Crippen LogP contribution is 2.60. The van der Waals surface area contributed by atoms with Crippen molar-refractivity contribution in [3.05, 3.63) is 35.9 Å². The van der Waals surface area contributed by atoms with Crippen LogP contribution in [0.4, 0.5) is 0 Å². The number of benzene rings is 1. The Morgan fingerprint density at radius 2 is 1.82 bits per heavy atom. The van der Waals surface area contributed by atoms with E-state index >= 15 is 0 Å². The van der Waals surface area contributed by atoms with E-state index in [1.54, 1.807) is 0 Å². The number of aliphatic hydroxyl groups excluding tert-OH is 1. The fourth-order valence-corrected chi connectivity index (χ4v) is 3.57. The van der Waals surface area contributed by atoms with Crippen molar-refractivity contribution in [2.75, 3.05) is 0 Å². The van der Waals surface area contributed by atoms with Gasteiger partial charge in [-0.2, -0.15) is 0 Å². The first-order valence-corrected chi connectivity index (χ1v) is 6.75. The zero-order valence-corrected chi connectivity index (χ0v) is 11.4. The van der Waals surface area contributed by atoms with Crippen LogP contribution in [0.15, 0.2) is 30.3 Å². The molecular formula is C16H24O. The van der Waals surface area contributed by atoms with Crippen LogP contribution in [0.3, 0.4) is 0 Å². The van der Waals surface area contributed by atoms with Gasteiger partial charge in [0, 0.05) is 5.41 Å². The fraction of sp³-hybridized carbons (Fsp3) is 0.625. The molecule has 1 fully saturated rings. The van der Waals surface area contributed by atoms with Crippen LogP contribution in [-0.4, -0.2) is 11.2 Å². The van der Waals surface area contributed by atoms with Gasteiger partial charge in [-0.05, 0) is 29.7 Å². The van der Waals surface area contributed by atoms with Crippen molar-refractivity contribution in [2.24, 2.45) is 17.3 Å². The van der Waals surface area contributed by atoms with Crippen LogP contribution >= 0.6 is 0 Å². The van der Waals surface area contributed by atoms with Crippen molar-refractivity contribution < 1.29 is 5.11 Å². The van der Waals surface area contributed by atoms with Crippen LogP contribution in [0.5, 0.6) is 0 Å². The minimum atomic E-state index is -0.155. The summed E-state index contributed by atoms with van der Waals surface area (Å²) in [7, 11) is 0. The highest BCUT2D eigenvalue weighted by atomic mass is 16.3. The largest absolute Gasteiger partial charge is 0.392 e. The third kappa shape index (κ3) is 1.81. The van der Waals surface area contributed by atoms with Gasteiger partial charge in [0.2, 0.25) is 0 Å². The van der Waals surface area contributed by atoms with E-state index in [0.29, 0.717) is 17.8 Å². The molecule has 0 spiro atoms. The lowest BCUT2D eigenvalue weighted by molar-refractivity contribution is -0.153. The summed E-state index contributed by atoms with van der Waals surface area (Å²) in [4.78, 5) is 0. The monoisotopic (exact) mass is 232 g/mol. The molecule has 4 unspecified atom stereocenters. The molecule has 0 aromatic heterocycles. The Bertz CT molecular complexity index is 370. The fourth-order valence-electron chi connectivity index (χ4n) is 3.57. The Hall–Kier alpha value is -0.820. The van der Waals surface area contributed by atoms with Crippen molar-refractivity contribution in [1.82, 2.24) is 0 Å². The minimum Gasteiger partial charge on any atom is -0.392 e. The van der Waals surface area contributed by atoms with Gasteiger partial charge in [-0.25, -0.2) is 0 Å². The van der Waals surface area contributed by atoms with Crippen LogP contribution in [0.1, 0.15) is 45.6 Å². The second-order valence-corrected chi connectivity index (χ2v) is 6.01. The first-order valence-electron chi connectivity index (χ1n) is 6.75. The van der Waals surface area contributed by atoms with Gasteiger partial charge < -0.3 is 5.11 Å². The minimum absolute atomic E-state index is 0.0519. The molecule has 1 nitrogen and oxygen atoms in total. The summed E-state index contributed by atoms with van der Waals surface area (Å²) < 4.78 is 0. The Morgan fingerprint density at radius 3 is 2.29 bits per heavy atom. The third-order valence-corrected chi connectivity index (χ3v) is 4.83. The van der Waals surface area contributed by atoms with E-state index in [-0.39, 0.29) is 11.5 Å². The highest BCUT2D eigenvalue weighted by Gasteiger charge is 2.58. The van der Waals surface area contributed by atoms with E-state index in [1.165, 1.54) is 5.56 Å². The molecule has 4 atom stereocenters. The Labute approximate surface area is 105 Å². The van der Waals surface area contributed by atoms with Crippen LogP contribution in [0, 0.1) is 17.3 Å². The molecule has 17 heavy (non-hydrogen) atoms. The third-order valence-electron chi connectivity index (χ3n) is 4.83. The molecule has 2 rings (SSSR count). The molecule has 1 aromatic rings. The standard InChI is InChI=1S/C16H24O/c1-5-16(4)14(12-9-7-6-8-10-12)13(11(2)3)15(16)17/h6-11,13-15,17H,5H2,1-4H3. The normalized spacial score (nSPS) is 36.9. The second kappa shape index (κ2) is 4.45. The van der Waals surface area contributed by atoms with Gasteiger partial charge in [0.25, 0.3) is 0 Å². The quantitative estimate of drug-likeness (QED) is 0.839. The topological polar surface area (TPSA) is 20.2 Å². The molecule has 1 saturated carbocycles. The Morgan fingerprint density at radius 1 is 1.24 bits per heavy atom. The first kappa shape index (κ1) is 12.6. The molecular weight excluding hydrogens is 208 g/mol. The zero-order chi connectivity index (χ0) is 12.6. The van der Waals surface area contributed by atoms with Crippen molar-refractivity contribution in [3.8, 4) is 0 Å². The summed E-state index contributed by atoms with van der Waals surface area (Å²) >= 11 is 0. The van der Waals surface area contributed by atoms with Gasteiger partial charge in [0.15, 0.2) is 0 Å². The predicted octanol–water partition coefficient (Wildman–Crippen LogP) is 3.83. The summed E-state index contributed by atoms with van der Waals surface area (Å²) in [5.41, 5.74) is 1.44. The number of hydrogen-bond donors (Lipinski definition) is 1. The maximum absolute atomic E-state index is 10.4. The molecule has 0 amide bonds. The molecule has 0 aliphatic heterocycles. The summed E-state index contributed by atoms with van der Waals surface area (Å²) in [6.07, 6.45) is 0.884. The molecule has 0 saturated heterocycles. The molecule has 1 aromatic carbocycles. The molecule has 0 bridgehead atoms. The summed E-state index contributed by atoms with van der Waals surface area (Å²) in [6, 6.07) is 10.7. The SMILES string of the molecule is CCC1(C)C(O)C(C(C)C)C1c1ccccc1. The lowest BCUT2D eigenvalue weighted by Crippen LogP contribution is -2.59. The molecule has 1 heteroatoms. The van der Waals surface area contributed by atoms with E-state index in [4.69, 9.17) is 0 Å². The highest BCUT2D eigenvalue weighted by molar-refractivity contribution is 5.29. The average Bonchev–Trinajstić information content (AvgIpc) is 2.34. The summed E-state index contributed by atoms with van der Waals surface area (Å²) in [5, 5.41) is 10.4. The van der Waals surface area contributed by atoms with Gasteiger partial charge in [-0.1, -0.05) is 58.0 Å². The van der Waals surface area contributed by atoms with E-state index in [2.05, 4.69) is 58.0 Å². The molecule has 0 heterocycles. The summed E-state index contributed by atoms with van der Waals surface area (Å²) in [6.45, 7) is 8.86. The lowest BCUT2D eigenvalue weighted by atomic mass is 9.47. The van der Waals surface area contributed by atoms with Gasteiger partial charge >= 0.3 is 0 Å². The molecule has 1 aliphatic carbocycles. The van der Waals surface area contributed by atoms with Crippen LogP contribution < -0.4 is 0 Å². The van der Waals surface area contributed by atoms with Crippen molar-refractivity contribution >= 4 is 0 Å². The first-order chi connectivity index (χ1) is 8.02. The van der Waals surface area contributed by atoms with Crippen LogP contribution in [-0.2, 0) is 0 Å². The van der Waals surface area contributed by atoms with Crippen LogP contribution in [0.2, 0.25) is 0 Å². The van der Waals surface area contributed by atoms with Gasteiger partial charge in [-0.3, -0.25) is 0 Å². The molecule has 0 radical (unpaired) electrons. The second-order valence-electron chi connectivity index (χ2n) is 6.01. The van der Waals surface area contributed by atoms with E-state index < -0.39 is 0 Å². The maximum Gasteiger partial charge on any atom is 0.0636 e. The van der Waals surface area contributed by atoms with Crippen LogP contribution in [0.25, 0.3) is 0 Å². The van der Waals surface area contributed by atoms with Gasteiger partial charge in [-0.15, -0.1) is 0 Å². The average molecular weight is 232 g/mol. The van der Waals surface area contributed by atoms with Crippen molar-refractivity contribution in [1.29, 1.82) is 0 Å². The number of hydrogen-bond acceptors (Lipinski definition) is 1. The molecule has 1 N–H and O–H groups in total. The molecule has 94 valence electrons. The number of rotatable bonds is 3. The maximum atomic E-state index is 10.4. The molecule has 1 aliphatic rings. The van der Waals surface area contributed by atoms with Gasteiger partial charge in [0.1, 0.15) is 0 Å². The zero-order valence-electron chi connectivity index (χ0n) is 11.4. The van der Waals surface area contributed by atoms with Crippen molar-refractivity contribution in [2.45, 2.75) is 46.1 Å². The van der Waals surface area contributed by atoms with Gasteiger partial charge in [0.05, 0.1) is 6.10 Å². The van der Waals surface area contributed by atoms with Crippen molar-refractivity contribution in [3.63, 3.8) is 0 Å². The Balaban J connectivity index is 2.35. The lowest BCUT2D eigenvalue weighted by Gasteiger charge is -2.59. The number of aliphatic hydroxyl groups is 1.